The molecule has 1 aliphatic heterocycles. The number of furan rings is 1. The molecule has 154 valence electrons. The minimum Gasteiger partial charge on any atom is -0.464 e. The number of fused-ring (bicyclic) bond motifs is 2. The summed E-state index contributed by atoms with van der Waals surface area (Å²) in [6.45, 7) is 5.44. The molecule has 4 heterocycles. The molecule has 1 amide bonds. The molecule has 1 aliphatic rings. The van der Waals surface area contributed by atoms with E-state index in [0.717, 1.165) is 52.5 Å². The van der Waals surface area contributed by atoms with E-state index < -0.39 is 0 Å². The van der Waals surface area contributed by atoms with Crippen molar-refractivity contribution in [3.63, 3.8) is 0 Å². The molecule has 1 fully saturated rings. The molecule has 0 bridgehead atoms. The van der Waals surface area contributed by atoms with Crippen molar-refractivity contribution in [1.29, 1.82) is 0 Å². The minimum absolute atomic E-state index is 0.0537. The van der Waals surface area contributed by atoms with Gasteiger partial charge in [0.25, 0.3) is 5.91 Å². The van der Waals surface area contributed by atoms with E-state index in [2.05, 4.69) is 11.9 Å². The number of hydrogen-bond acceptors (Lipinski definition) is 5. The highest BCUT2D eigenvalue weighted by molar-refractivity contribution is 6.03. The van der Waals surface area contributed by atoms with Crippen molar-refractivity contribution < 1.29 is 13.9 Å². The fraction of sp³-hybridized carbons (Fsp3) is 0.348. The molecule has 1 aromatic carbocycles. The first-order valence-corrected chi connectivity index (χ1v) is 10.5. The lowest BCUT2D eigenvalue weighted by molar-refractivity contribution is 0.0735. The molecule has 7 heteroatoms. The van der Waals surface area contributed by atoms with Gasteiger partial charge in [0, 0.05) is 48.8 Å². The molecule has 0 aliphatic carbocycles. The molecule has 1 saturated heterocycles. The van der Waals surface area contributed by atoms with Crippen LogP contribution >= 0.6 is 0 Å². The van der Waals surface area contributed by atoms with Gasteiger partial charge in [0.2, 0.25) is 0 Å². The lowest BCUT2D eigenvalue weighted by Crippen LogP contribution is -2.33. The summed E-state index contributed by atoms with van der Waals surface area (Å²) in [6, 6.07) is 9.80. The average Bonchev–Trinajstić information content (AvgIpc) is 3.23. The van der Waals surface area contributed by atoms with Crippen molar-refractivity contribution in [2.75, 3.05) is 26.3 Å². The Hall–Kier alpha value is -3.19. The summed E-state index contributed by atoms with van der Waals surface area (Å²) in [4.78, 5) is 19.4. The lowest BCUT2D eigenvalue weighted by Gasteiger charge is -2.19. The molecule has 30 heavy (non-hydrogen) atoms. The number of hydrogen-bond donors (Lipinski definition) is 0. The van der Waals surface area contributed by atoms with E-state index in [4.69, 9.17) is 14.3 Å². The number of rotatable bonds is 4. The Morgan fingerprint density at radius 3 is 2.97 bits per heavy atom. The maximum atomic E-state index is 13.0. The number of pyridine rings is 1. The number of ether oxygens (including phenoxy) is 1. The standard InChI is InChI=1S/C23H24N4O3/c1-2-8-27-20-13-19(23(28)26-9-5-11-29-12-10-26)24-14-17(20)22(25-27)18-15-30-21-7-4-3-6-16(18)21/h3-4,6-7,13-15H,2,5,8-12H2,1H3. The zero-order valence-corrected chi connectivity index (χ0v) is 17.0. The summed E-state index contributed by atoms with van der Waals surface area (Å²) in [6.07, 6.45) is 5.31. The van der Waals surface area contributed by atoms with E-state index >= 15 is 0 Å². The van der Waals surface area contributed by atoms with Crippen LogP contribution in [-0.2, 0) is 11.3 Å². The predicted octanol–water partition coefficient (Wildman–Crippen LogP) is 4.12. The van der Waals surface area contributed by atoms with Gasteiger partial charge >= 0.3 is 0 Å². The number of amides is 1. The van der Waals surface area contributed by atoms with Crippen molar-refractivity contribution in [3.8, 4) is 11.3 Å². The molecular weight excluding hydrogens is 380 g/mol. The van der Waals surface area contributed by atoms with Crippen LogP contribution in [0.5, 0.6) is 0 Å². The first kappa shape index (κ1) is 18.8. The quantitative estimate of drug-likeness (QED) is 0.512. The summed E-state index contributed by atoms with van der Waals surface area (Å²) >= 11 is 0. The molecule has 0 unspecified atom stereocenters. The first-order valence-electron chi connectivity index (χ1n) is 10.5. The van der Waals surface area contributed by atoms with E-state index in [1.807, 2.05) is 39.9 Å². The maximum absolute atomic E-state index is 13.0. The van der Waals surface area contributed by atoms with Crippen molar-refractivity contribution in [3.05, 3.63) is 48.5 Å². The normalized spacial score (nSPS) is 15.0. The molecule has 3 aromatic heterocycles. The zero-order chi connectivity index (χ0) is 20.5. The molecule has 0 N–H and O–H groups in total. The Morgan fingerprint density at radius 2 is 2.07 bits per heavy atom. The van der Waals surface area contributed by atoms with Crippen LogP contribution in [0.3, 0.4) is 0 Å². The molecule has 5 rings (SSSR count). The summed E-state index contributed by atoms with van der Waals surface area (Å²) < 4.78 is 13.2. The van der Waals surface area contributed by atoms with Crippen LogP contribution in [0.25, 0.3) is 33.1 Å². The van der Waals surface area contributed by atoms with Gasteiger partial charge in [-0.05, 0) is 25.0 Å². The largest absolute Gasteiger partial charge is 0.464 e. The molecule has 0 spiro atoms. The molecular formula is C23H24N4O3. The summed E-state index contributed by atoms with van der Waals surface area (Å²) in [7, 11) is 0. The molecule has 4 aromatic rings. The highest BCUT2D eigenvalue weighted by Crippen LogP contribution is 2.34. The van der Waals surface area contributed by atoms with Crippen LogP contribution in [0.15, 0.2) is 47.2 Å². The van der Waals surface area contributed by atoms with Gasteiger partial charge in [-0.1, -0.05) is 25.1 Å². The SMILES string of the molecule is CCCn1nc(-c2coc3ccccc23)c2cnc(C(=O)N3CCCOCC3)cc21. The van der Waals surface area contributed by atoms with Gasteiger partial charge in [0.15, 0.2) is 0 Å². The number of aromatic nitrogens is 3. The number of aryl methyl sites for hydroxylation is 1. The summed E-state index contributed by atoms with van der Waals surface area (Å²) in [5, 5.41) is 6.81. The smallest absolute Gasteiger partial charge is 0.272 e. The Labute approximate surface area is 174 Å². The highest BCUT2D eigenvalue weighted by Gasteiger charge is 2.22. The van der Waals surface area contributed by atoms with Crippen LogP contribution < -0.4 is 0 Å². The monoisotopic (exact) mass is 404 g/mol. The van der Waals surface area contributed by atoms with Gasteiger partial charge in [0.05, 0.1) is 12.1 Å². The first-order chi connectivity index (χ1) is 14.8. The molecule has 0 atom stereocenters. The number of nitrogens with zero attached hydrogens (tertiary/aromatic N) is 4. The van der Waals surface area contributed by atoms with Gasteiger partial charge in [-0.3, -0.25) is 14.5 Å². The fourth-order valence-corrected chi connectivity index (χ4v) is 4.04. The van der Waals surface area contributed by atoms with E-state index in [0.29, 0.717) is 32.0 Å². The predicted molar refractivity (Wildman–Crippen MR) is 114 cm³/mol. The fourth-order valence-electron chi connectivity index (χ4n) is 4.04. The Kier molecular flexibility index (Phi) is 4.96. The Morgan fingerprint density at radius 1 is 1.17 bits per heavy atom. The van der Waals surface area contributed by atoms with Crippen molar-refractivity contribution in [2.45, 2.75) is 26.3 Å². The third-order valence-electron chi connectivity index (χ3n) is 5.54. The number of carbonyl (C=O) groups excluding carboxylic acids is 1. The topological polar surface area (TPSA) is 73.4 Å². The second-order valence-electron chi connectivity index (χ2n) is 7.56. The van der Waals surface area contributed by atoms with Crippen molar-refractivity contribution in [1.82, 2.24) is 19.7 Å². The zero-order valence-electron chi connectivity index (χ0n) is 17.0. The molecule has 0 saturated carbocycles. The lowest BCUT2D eigenvalue weighted by atomic mass is 10.1. The van der Waals surface area contributed by atoms with Crippen LogP contribution in [0.1, 0.15) is 30.3 Å². The molecule has 7 nitrogen and oxygen atoms in total. The van der Waals surface area contributed by atoms with E-state index in [1.54, 1.807) is 12.5 Å². The van der Waals surface area contributed by atoms with Gasteiger partial charge in [-0.15, -0.1) is 0 Å². The highest BCUT2D eigenvalue weighted by atomic mass is 16.5. The summed E-state index contributed by atoms with van der Waals surface area (Å²) in [5.41, 5.74) is 3.97. The van der Waals surface area contributed by atoms with Gasteiger partial charge in [-0.25, -0.2) is 0 Å². The van der Waals surface area contributed by atoms with Crippen molar-refractivity contribution in [2.24, 2.45) is 0 Å². The minimum atomic E-state index is -0.0537. The van der Waals surface area contributed by atoms with Crippen LogP contribution in [0.2, 0.25) is 0 Å². The second kappa shape index (κ2) is 7.91. The van der Waals surface area contributed by atoms with E-state index in [-0.39, 0.29) is 5.91 Å². The maximum Gasteiger partial charge on any atom is 0.272 e. The van der Waals surface area contributed by atoms with Crippen LogP contribution in [-0.4, -0.2) is 51.9 Å². The second-order valence-corrected chi connectivity index (χ2v) is 7.56. The van der Waals surface area contributed by atoms with Crippen LogP contribution in [0.4, 0.5) is 0 Å². The Balaban J connectivity index is 1.60. The summed E-state index contributed by atoms with van der Waals surface area (Å²) in [5.74, 6) is -0.0537. The third-order valence-corrected chi connectivity index (χ3v) is 5.54. The Bertz CT molecular complexity index is 1200. The molecule has 0 radical (unpaired) electrons. The van der Waals surface area contributed by atoms with Gasteiger partial charge in [-0.2, -0.15) is 5.10 Å². The number of para-hydroxylation sites is 1. The average molecular weight is 404 g/mol. The van der Waals surface area contributed by atoms with Gasteiger partial charge in [0.1, 0.15) is 23.2 Å². The van der Waals surface area contributed by atoms with Crippen LogP contribution in [0, 0.1) is 0 Å². The number of carbonyl (C=O) groups is 1. The third kappa shape index (κ3) is 3.25. The number of benzene rings is 1. The van der Waals surface area contributed by atoms with Crippen molar-refractivity contribution >= 4 is 27.8 Å². The van der Waals surface area contributed by atoms with E-state index in [1.165, 1.54) is 0 Å². The van der Waals surface area contributed by atoms with Gasteiger partial charge < -0.3 is 14.1 Å². The van der Waals surface area contributed by atoms with E-state index in [9.17, 15) is 4.79 Å².